The normalized spacial score (nSPS) is 57.0. The molecular formula is C21H34O3. The number of aliphatic hydroxyl groups excluding tert-OH is 2. The average Bonchev–Trinajstić information content (AvgIpc) is 2.87. The van der Waals surface area contributed by atoms with Crippen molar-refractivity contribution >= 4 is 5.78 Å². The fraction of sp³-hybridized carbons (Fsp3) is 0.952. The maximum absolute atomic E-state index is 12.2. The molecule has 0 amide bonds. The first kappa shape index (κ1) is 17.0. The van der Waals surface area contributed by atoms with Crippen molar-refractivity contribution in [3.8, 4) is 0 Å². The van der Waals surface area contributed by atoms with Crippen LogP contribution in [0.5, 0.6) is 0 Å². The standard InChI is InChI=1S/C21H34O3/c1-12(22)15-4-5-16-14-11-19(24)18-10-13(23)6-8-21(18,3)17(14)7-9-20(15,16)2/h13-19,23-24H,4-11H2,1-3H3/t13-,14+,15-,16-,17-,18-,19+,20-,21-/m1/s1. The summed E-state index contributed by atoms with van der Waals surface area (Å²) in [5.74, 6) is 2.71. The number of hydrogen-bond acceptors (Lipinski definition) is 3. The molecule has 0 spiro atoms. The highest BCUT2D eigenvalue weighted by Gasteiger charge is 2.62. The second kappa shape index (κ2) is 5.54. The van der Waals surface area contributed by atoms with Crippen LogP contribution in [0.15, 0.2) is 0 Å². The SMILES string of the molecule is CC(=O)[C@H]1CC[C@@H]2[C@@H]3C[C@H](O)[C@H]4C[C@H](O)CC[C@]4(C)[C@@H]3CC[C@]12C. The van der Waals surface area contributed by atoms with E-state index in [1.54, 1.807) is 6.92 Å². The highest BCUT2D eigenvalue weighted by molar-refractivity contribution is 5.79. The third kappa shape index (κ3) is 2.19. The van der Waals surface area contributed by atoms with Crippen molar-refractivity contribution in [3.05, 3.63) is 0 Å². The van der Waals surface area contributed by atoms with E-state index in [0.29, 0.717) is 23.5 Å². The zero-order valence-electron chi connectivity index (χ0n) is 15.5. The van der Waals surface area contributed by atoms with Crippen LogP contribution in [0.2, 0.25) is 0 Å². The first-order chi connectivity index (χ1) is 11.3. The topological polar surface area (TPSA) is 57.5 Å². The summed E-state index contributed by atoms with van der Waals surface area (Å²) < 4.78 is 0. The van der Waals surface area contributed by atoms with Gasteiger partial charge in [0.15, 0.2) is 0 Å². The van der Waals surface area contributed by atoms with Gasteiger partial charge in [-0.25, -0.2) is 0 Å². The highest BCUT2D eigenvalue weighted by atomic mass is 16.3. The van der Waals surface area contributed by atoms with Crippen LogP contribution in [-0.4, -0.2) is 28.2 Å². The summed E-state index contributed by atoms with van der Waals surface area (Å²) in [5.41, 5.74) is 0.335. The van der Waals surface area contributed by atoms with Crippen molar-refractivity contribution in [1.82, 2.24) is 0 Å². The minimum atomic E-state index is -0.273. The number of ketones is 1. The van der Waals surface area contributed by atoms with Gasteiger partial charge in [-0.3, -0.25) is 4.79 Å². The van der Waals surface area contributed by atoms with Crippen LogP contribution in [0, 0.1) is 40.4 Å². The largest absolute Gasteiger partial charge is 0.393 e. The molecule has 4 rings (SSSR count). The minimum Gasteiger partial charge on any atom is -0.393 e. The molecule has 2 N–H and O–H groups in total. The van der Waals surface area contributed by atoms with Gasteiger partial charge in [0, 0.05) is 5.92 Å². The highest BCUT2D eigenvalue weighted by Crippen LogP contribution is 2.67. The Kier molecular flexibility index (Phi) is 3.93. The van der Waals surface area contributed by atoms with E-state index < -0.39 is 0 Å². The number of carbonyl (C=O) groups is 1. The molecule has 136 valence electrons. The number of Topliss-reactive ketones (excluding diaryl/α,β-unsaturated/α-hetero) is 1. The van der Waals surface area contributed by atoms with Crippen molar-refractivity contribution < 1.29 is 15.0 Å². The summed E-state index contributed by atoms with van der Waals surface area (Å²) in [6, 6.07) is 0. The Balaban J connectivity index is 1.65. The van der Waals surface area contributed by atoms with E-state index in [1.807, 2.05) is 0 Å². The molecule has 0 aliphatic heterocycles. The third-order valence-corrected chi connectivity index (χ3v) is 9.14. The van der Waals surface area contributed by atoms with E-state index >= 15 is 0 Å². The summed E-state index contributed by atoms with van der Waals surface area (Å²) >= 11 is 0. The van der Waals surface area contributed by atoms with Crippen molar-refractivity contribution in [2.24, 2.45) is 40.4 Å². The summed E-state index contributed by atoms with van der Waals surface area (Å²) in [6.45, 7) is 6.53. The summed E-state index contributed by atoms with van der Waals surface area (Å²) in [5, 5.41) is 21.0. The van der Waals surface area contributed by atoms with Gasteiger partial charge in [0.05, 0.1) is 12.2 Å². The molecule has 3 heteroatoms. The predicted octanol–water partition coefficient (Wildman–Crippen LogP) is 3.57. The number of fused-ring (bicyclic) bond motifs is 5. The summed E-state index contributed by atoms with van der Waals surface area (Å²) in [4.78, 5) is 12.2. The van der Waals surface area contributed by atoms with Crippen LogP contribution in [0.1, 0.15) is 72.1 Å². The fourth-order valence-electron chi connectivity index (χ4n) is 7.95. The molecule has 4 fully saturated rings. The lowest BCUT2D eigenvalue weighted by Gasteiger charge is -2.62. The molecular weight excluding hydrogens is 300 g/mol. The van der Waals surface area contributed by atoms with Crippen molar-refractivity contribution in [3.63, 3.8) is 0 Å². The lowest BCUT2D eigenvalue weighted by Crippen LogP contribution is -2.58. The minimum absolute atomic E-state index is 0.157. The molecule has 4 aliphatic carbocycles. The molecule has 0 radical (unpaired) electrons. The maximum atomic E-state index is 12.2. The van der Waals surface area contributed by atoms with Crippen molar-refractivity contribution in [2.75, 3.05) is 0 Å². The molecule has 0 aromatic carbocycles. The molecule has 0 aromatic rings. The second-order valence-corrected chi connectivity index (χ2v) is 10.0. The summed E-state index contributed by atoms with van der Waals surface area (Å²) in [6.07, 6.45) is 7.70. The quantitative estimate of drug-likeness (QED) is 0.771. The number of rotatable bonds is 1. The second-order valence-electron chi connectivity index (χ2n) is 10.0. The first-order valence-corrected chi connectivity index (χ1v) is 10.1. The van der Waals surface area contributed by atoms with Gasteiger partial charge in [0.2, 0.25) is 0 Å². The molecule has 0 aromatic heterocycles. The Morgan fingerprint density at radius 1 is 0.875 bits per heavy atom. The zero-order chi connectivity index (χ0) is 17.3. The van der Waals surface area contributed by atoms with E-state index in [-0.39, 0.29) is 34.9 Å². The lowest BCUT2D eigenvalue weighted by molar-refractivity contribution is -0.171. The fourth-order valence-corrected chi connectivity index (χ4v) is 7.95. The van der Waals surface area contributed by atoms with Gasteiger partial charge < -0.3 is 10.2 Å². The van der Waals surface area contributed by atoms with E-state index in [1.165, 1.54) is 12.8 Å². The Hall–Kier alpha value is -0.410. The average molecular weight is 335 g/mol. The molecule has 0 bridgehead atoms. The Morgan fingerprint density at radius 3 is 2.25 bits per heavy atom. The molecule has 0 saturated heterocycles. The molecule has 0 heterocycles. The Labute approximate surface area is 146 Å². The van der Waals surface area contributed by atoms with Crippen LogP contribution in [0.25, 0.3) is 0 Å². The van der Waals surface area contributed by atoms with Gasteiger partial charge in [-0.15, -0.1) is 0 Å². The van der Waals surface area contributed by atoms with Gasteiger partial charge in [0.1, 0.15) is 5.78 Å². The van der Waals surface area contributed by atoms with Crippen LogP contribution < -0.4 is 0 Å². The Bertz CT molecular complexity index is 531. The lowest BCUT2D eigenvalue weighted by atomic mass is 9.44. The van der Waals surface area contributed by atoms with Crippen molar-refractivity contribution in [1.29, 1.82) is 0 Å². The monoisotopic (exact) mass is 334 g/mol. The molecule has 4 saturated carbocycles. The molecule has 3 nitrogen and oxygen atoms in total. The van der Waals surface area contributed by atoms with E-state index in [4.69, 9.17) is 0 Å². The zero-order valence-corrected chi connectivity index (χ0v) is 15.5. The van der Waals surface area contributed by atoms with Gasteiger partial charge in [0.25, 0.3) is 0 Å². The van der Waals surface area contributed by atoms with Gasteiger partial charge >= 0.3 is 0 Å². The predicted molar refractivity (Wildman–Crippen MR) is 93.3 cm³/mol. The molecule has 4 aliphatic rings. The third-order valence-electron chi connectivity index (χ3n) is 9.14. The summed E-state index contributed by atoms with van der Waals surface area (Å²) in [7, 11) is 0. The Morgan fingerprint density at radius 2 is 1.54 bits per heavy atom. The van der Waals surface area contributed by atoms with Crippen molar-refractivity contribution in [2.45, 2.75) is 84.3 Å². The van der Waals surface area contributed by atoms with E-state index in [9.17, 15) is 15.0 Å². The maximum Gasteiger partial charge on any atom is 0.133 e. The molecule has 24 heavy (non-hydrogen) atoms. The van der Waals surface area contributed by atoms with E-state index in [2.05, 4.69) is 13.8 Å². The van der Waals surface area contributed by atoms with E-state index in [0.717, 1.165) is 38.5 Å². The van der Waals surface area contributed by atoms with Gasteiger partial charge in [-0.1, -0.05) is 13.8 Å². The molecule has 0 unspecified atom stereocenters. The van der Waals surface area contributed by atoms with Gasteiger partial charge in [-0.05, 0) is 92.8 Å². The van der Waals surface area contributed by atoms with Crippen LogP contribution in [-0.2, 0) is 4.79 Å². The molecule has 9 atom stereocenters. The number of aliphatic hydroxyl groups is 2. The first-order valence-electron chi connectivity index (χ1n) is 10.1. The van der Waals surface area contributed by atoms with Crippen LogP contribution in [0.4, 0.5) is 0 Å². The number of hydrogen-bond donors (Lipinski definition) is 2. The number of carbonyl (C=O) groups excluding carboxylic acids is 1. The van der Waals surface area contributed by atoms with Crippen LogP contribution >= 0.6 is 0 Å². The smallest absolute Gasteiger partial charge is 0.133 e. The van der Waals surface area contributed by atoms with Gasteiger partial charge in [-0.2, -0.15) is 0 Å². The van der Waals surface area contributed by atoms with Crippen LogP contribution in [0.3, 0.4) is 0 Å².